The van der Waals surface area contributed by atoms with Crippen molar-refractivity contribution in [2.45, 2.75) is 32.7 Å². The van der Waals surface area contributed by atoms with Gasteiger partial charge in [0.05, 0.1) is 17.4 Å². The van der Waals surface area contributed by atoms with Gasteiger partial charge in [-0.15, -0.1) is 0 Å². The summed E-state index contributed by atoms with van der Waals surface area (Å²) in [6.45, 7) is 5.87. The maximum Gasteiger partial charge on any atom is 0.274 e. The first kappa shape index (κ1) is 14.0. The quantitative estimate of drug-likeness (QED) is 0.793. The molecule has 20 heavy (non-hydrogen) atoms. The van der Waals surface area contributed by atoms with Gasteiger partial charge in [-0.3, -0.25) is 14.9 Å². The highest BCUT2D eigenvalue weighted by Crippen LogP contribution is 2.22. The van der Waals surface area contributed by atoms with Crippen LogP contribution in [0.5, 0.6) is 0 Å². The van der Waals surface area contributed by atoms with Crippen LogP contribution < -0.4 is 11.1 Å². The topological polar surface area (TPSA) is 96.7 Å². The molecule has 6 nitrogen and oxygen atoms in total. The SMILES string of the molecule is CC(C)c1[nH]nc(C(=O)NC(C)c2cccnc2)c1N. The molecule has 0 aliphatic carbocycles. The molecule has 1 atom stereocenters. The number of hydrogen-bond donors (Lipinski definition) is 3. The Kier molecular flexibility index (Phi) is 4.02. The molecule has 106 valence electrons. The summed E-state index contributed by atoms with van der Waals surface area (Å²) < 4.78 is 0. The molecule has 0 bridgehead atoms. The number of nitrogens with two attached hydrogens (primary N) is 1. The second-order valence-electron chi connectivity index (χ2n) is 5.04. The summed E-state index contributed by atoms with van der Waals surface area (Å²) >= 11 is 0. The monoisotopic (exact) mass is 273 g/mol. The van der Waals surface area contributed by atoms with Crippen LogP contribution in [0.1, 0.15) is 54.5 Å². The number of H-pyrrole nitrogens is 1. The van der Waals surface area contributed by atoms with Crippen LogP contribution in [-0.4, -0.2) is 21.1 Å². The van der Waals surface area contributed by atoms with Gasteiger partial charge in [-0.1, -0.05) is 19.9 Å². The van der Waals surface area contributed by atoms with Crippen LogP contribution in [0.15, 0.2) is 24.5 Å². The van der Waals surface area contributed by atoms with Crippen molar-refractivity contribution in [3.05, 3.63) is 41.5 Å². The van der Waals surface area contributed by atoms with E-state index in [0.717, 1.165) is 11.3 Å². The molecule has 0 aliphatic rings. The molecule has 2 heterocycles. The van der Waals surface area contributed by atoms with E-state index in [4.69, 9.17) is 5.73 Å². The number of nitrogens with one attached hydrogen (secondary N) is 2. The number of aromatic nitrogens is 3. The van der Waals surface area contributed by atoms with Crippen molar-refractivity contribution in [3.8, 4) is 0 Å². The molecule has 1 amide bonds. The molecule has 2 aromatic rings. The Morgan fingerprint density at radius 1 is 1.40 bits per heavy atom. The van der Waals surface area contributed by atoms with E-state index in [1.807, 2.05) is 32.9 Å². The molecule has 0 saturated carbocycles. The maximum atomic E-state index is 12.2. The standard InChI is InChI=1S/C14H19N5O/c1-8(2)12-11(15)13(19-18-12)14(20)17-9(3)10-5-4-6-16-7-10/h4-9H,15H2,1-3H3,(H,17,20)(H,18,19). The summed E-state index contributed by atoms with van der Waals surface area (Å²) in [4.78, 5) is 16.2. The van der Waals surface area contributed by atoms with Crippen molar-refractivity contribution < 1.29 is 4.79 Å². The third kappa shape index (κ3) is 2.79. The van der Waals surface area contributed by atoms with Gasteiger partial charge in [0.25, 0.3) is 5.91 Å². The Morgan fingerprint density at radius 3 is 2.70 bits per heavy atom. The van der Waals surface area contributed by atoms with E-state index < -0.39 is 0 Å². The lowest BCUT2D eigenvalue weighted by Crippen LogP contribution is -2.27. The third-order valence-electron chi connectivity index (χ3n) is 3.16. The fraction of sp³-hybridized carbons (Fsp3) is 0.357. The Hall–Kier alpha value is -2.37. The van der Waals surface area contributed by atoms with Gasteiger partial charge in [-0.05, 0) is 24.5 Å². The summed E-state index contributed by atoms with van der Waals surface area (Å²) in [5.41, 5.74) is 8.32. The molecule has 2 aromatic heterocycles. The van der Waals surface area contributed by atoms with Crippen LogP contribution in [-0.2, 0) is 0 Å². The van der Waals surface area contributed by atoms with Crippen molar-refractivity contribution in [1.82, 2.24) is 20.5 Å². The Bertz CT molecular complexity index is 591. The van der Waals surface area contributed by atoms with Crippen molar-refractivity contribution in [2.24, 2.45) is 0 Å². The lowest BCUT2D eigenvalue weighted by atomic mass is 10.1. The van der Waals surface area contributed by atoms with Crippen LogP contribution in [0.4, 0.5) is 5.69 Å². The van der Waals surface area contributed by atoms with Crippen LogP contribution in [0, 0.1) is 0 Å². The molecule has 0 aliphatic heterocycles. The number of nitrogens with zero attached hydrogens (tertiary/aromatic N) is 2. The van der Waals surface area contributed by atoms with Crippen LogP contribution in [0.3, 0.4) is 0 Å². The van der Waals surface area contributed by atoms with Crippen molar-refractivity contribution >= 4 is 11.6 Å². The molecule has 2 rings (SSSR count). The number of aromatic amines is 1. The van der Waals surface area contributed by atoms with Gasteiger partial charge < -0.3 is 11.1 Å². The van der Waals surface area contributed by atoms with Gasteiger partial charge in [0.1, 0.15) is 0 Å². The molecule has 4 N–H and O–H groups in total. The molecular weight excluding hydrogens is 254 g/mol. The molecule has 0 radical (unpaired) electrons. The second kappa shape index (κ2) is 5.73. The van der Waals surface area contributed by atoms with Crippen LogP contribution >= 0.6 is 0 Å². The van der Waals surface area contributed by atoms with Gasteiger partial charge in [-0.25, -0.2) is 0 Å². The number of amides is 1. The highest BCUT2D eigenvalue weighted by Gasteiger charge is 2.20. The first-order valence-electron chi connectivity index (χ1n) is 6.55. The predicted octanol–water partition coefficient (Wildman–Crippen LogP) is 2.00. The van der Waals surface area contributed by atoms with Gasteiger partial charge >= 0.3 is 0 Å². The van der Waals surface area contributed by atoms with E-state index in [9.17, 15) is 4.79 Å². The van der Waals surface area contributed by atoms with Gasteiger partial charge in [0.2, 0.25) is 0 Å². The lowest BCUT2D eigenvalue weighted by molar-refractivity contribution is 0.0935. The minimum Gasteiger partial charge on any atom is -0.395 e. The molecule has 0 spiro atoms. The average Bonchev–Trinajstić information content (AvgIpc) is 2.81. The number of carbonyl (C=O) groups is 1. The minimum atomic E-state index is -0.290. The molecule has 1 unspecified atom stereocenters. The van der Waals surface area contributed by atoms with E-state index in [1.165, 1.54) is 0 Å². The number of nitrogen functional groups attached to an aromatic ring is 1. The van der Waals surface area contributed by atoms with Gasteiger partial charge in [-0.2, -0.15) is 5.10 Å². The molecule has 0 fully saturated rings. The number of carbonyl (C=O) groups excluding carboxylic acids is 1. The van der Waals surface area contributed by atoms with E-state index in [-0.39, 0.29) is 23.6 Å². The number of anilines is 1. The van der Waals surface area contributed by atoms with Crippen molar-refractivity contribution in [3.63, 3.8) is 0 Å². The zero-order valence-corrected chi connectivity index (χ0v) is 11.8. The molecule has 6 heteroatoms. The Morgan fingerprint density at radius 2 is 2.15 bits per heavy atom. The van der Waals surface area contributed by atoms with E-state index >= 15 is 0 Å². The summed E-state index contributed by atoms with van der Waals surface area (Å²) in [5.74, 6) is -0.0956. The fourth-order valence-corrected chi connectivity index (χ4v) is 1.96. The first-order chi connectivity index (χ1) is 9.50. The normalized spacial score (nSPS) is 12.4. The summed E-state index contributed by atoms with van der Waals surface area (Å²) in [5, 5.41) is 9.69. The third-order valence-corrected chi connectivity index (χ3v) is 3.16. The number of rotatable bonds is 4. The number of hydrogen-bond acceptors (Lipinski definition) is 4. The Labute approximate surface area is 117 Å². The lowest BCUT2D eigenvalue weighted by Gasteiger charge is -2.13. The summed E-state index contributed by atoms with van der Waals surface area (Å²) in [7, 11) is 0. The minimum absolute atomic E-state index is 0.158. The highest BCUT2D eigenvalue weighted by molar-refractivity contribution is 5.97. The van der Waals surface area contributed by atoms with Gasteiger partial charge in [0.15, 0.2) is 5.69 Å². The van der Waals surface area contributed by atoms with Crippen LogP contribution in [0.25, 0.3) is 0 Å². The second-order valence-corrected chi connectivity index (χ2v) is 5.04. The largest absolute Gasteiger partial charge is 0.395 e. The van der Waals surface area contributed by atoms with Gasteiger partial charge in [0, 0.05) is 12.4 Å². The van der Waals surface area contributed by atoms with E-state index in [0.29, 0.717) is 5.69 Å². The van der Waals surface area contributed by atoms with Crippen molar-refractivity contribution in [1.29, 1.82) is 0 Å². The molecule has 0 saturated heterocycles. The van der Waals surface area contributed by atoms with Crippen molar-refractivity contribution in [2.75, 3.05) is 5.73 Å². The summed E-state index contributed by atoms with van der Waals surface area (Å²) in [6.07, 6.45) is 3.41. The zero-order valence-electron chi connectivity index (χ0n) is 11.8. The smallest absolute Gasteiger partial charge is 0.274 e. The number of pyridine rings is 1. The van der Waals surface area contributed by atoms with E-state index in [2.05, 4.69) is 20.5 Å². The molecular formula is C14H19N5O. The maximum absolute atomic E-state index is 12.2. The summed E-state index contributed by atoms with van der Waals surface area (Å²) in [6, 6.07) is 3.58. The predicted molar refractivity (Wildman–Crippen MR) is 77.2 cm³/mol. The first-order valence-corrected chi connectivity index (χ1v) is 6.55. The highest BCUT2D eigenvalue weighted by atomic mass is 16.2. The fourth-order valence-electron chi connectivity index (χ4n) is 1.96. The average molecular weight is 273 g/mol. The zero-order chi connectivity index (χ0) is 14.7. The van der Waals surface area contributed by atoms with E-state index in [1.54, 1.807) is 12.4 Å². The molecule has 0 aromatic carbocycles. The Balaban J connectivity index is 2.13. The van der Waals surface area contributed by atoms with Crippen LogP contribution in [0.2, 0.25) is 0 Å².